The molecular formula is C12H17ClN2OS. The Morgan fingerprint density at radius 1 is 1.24 bits per heavy atom. The molecule has 1 N–H and O–H groups in total. The van der Waals surface area contributed by atoms with Crippen LogP contribution in [0.4, 0.5) is 0 Å². The maximum Gasteiger partial charge on any atom is 0.233 e. The Kier molecular flexibility index (Phi) is 6.40. The molecule has 17 heavy (non-hydrogen) atoms. The fourth-order valence-electron chi connectivity index (χ4n) is 1.67. The Bertz CT molecular complexity index is 342. The highest BCUT2D eigenvalue weighted by Crippen LogP contribution is 2.17. The number of carbonyl (C=O) groups is 1. The normalized spacial score (nSPS) is 15.2. The van der Waals surface area contributed by atoms with Gasteiger partial charge >= 0.3 is 0 Å². The first kappa shape index (κ1) is 14.4. The summed E-state index contributed by atoms with van der Waals surface area (Å²) in [4.78, 5) is 14.9. The summed E-state index contributed by atoms with van der Waals surface area (Å²) in [5.74, 6) is 0.791. The minimum atomic E-state index is 0. The molecule has 1 aromatic rings. The van der Waals surface area contributed by atoms with Crippen molar-refractivity contribution in [3.8, 4) is 0 Å². The first-order chi connectivity index (χ1) is 7.86. The highest BCUT2D eigenvalue weighted by atomic mass is 35.5. The van der Waals surface area contributed by atoms with Gasteiger partial charge in [-0.05, 0) is 12.1 Å². The van der Waals surface area contributed by atoms with Crippen LogP contribution in [0.5, 0.6) is 0 Å². The lowest BCUT2D eigenvalue weighted by Crippen LogP contribution is -2.47. The lowest BCUT2D eigenvalue weighted by molar-refractivity contribution is -0.128. The monoisotopic (exact) mass is 272 g/mol. The van der Waals surface area contributed by atoms with E-state index in [4.69, 9.17) is 0 Å². The van der Waals surface area contributed by atoms with E-state index in [9.17, 15) is 4.79 Å². The van der Waals surface area contributed by atoms with Gasteiger partial charge in [-0.1, -0.05) is 18.2 Å². The third kappa shape index (κ3) is 4.58. The number of benzene rings is 1. The van der Waals surface area contributed by atoms with Gasteiger partial charge in [0.05, 0.1) is 5.75 Å². The van der Waals surface area contributed by atoms with E-state index in [0.717, 1.165) is 31.1 Å². The Balaban J connectivity index is 0.00000144. The number of halogens is 1. The first-order valence-corrected chi connectivity index (χ1v) is 6.51. The lowest BCUT2D eigenvalue weighted by Gasteiger charge is -2.27. The highest BCUT2D eigenvalue weighted by molar-refractivity contribution is 8.00. The quantitative estimate of drug-likeness (QED) is 0.849. The van der Waals surface area contributed by atoms with Crippen molar-refractivity contribution >= 4 is 30.1 Å². The van der Waals surface area contributed by atoms with Crippen molar-refractivity contribution in [2.75, 3.05) is 31.9 Å². The largest absolute Gasteiger partial charge is 0.339 e. The van der Waals surface area contributed by atoms with Crippen LogP contribution < -0.4 is 5.32 Å². The summed E-state index contributed by atoms with van der Waals surface area (Å²) in [7, 11) is 0. The number of thioether (sulfide) groups is 1. The SMILES string of the molecule is Cl.O=C(CSc1ccccc1)N1CCNCC1. The van der Waals surface area contributed by atoms with Gasteiger partial charge in [-0.25, -0.2) is 0 Å². The van der Waals surface area contributed by atoms with Crippen molar-refractivity contribution in [1.82, 2.24) is 10.2 Å². The summed E-state index contributed by atoms with van der Waals surface area (Å²) in [6.07, 6.45) is 0. The van der Waals surface area contributed by atoms with E-state index in [1.807, 2.05) is 35.2 Å². The van der Waals surface area contributed by atoms with Crippen LogP contribution in [0.15, 0.2) is 35.2 Å². The van der Waals surface area contributed by atoms with Gasteiger partial charge in [-0.2, -0.15) is 0 Å². The summed E-state index contributed by atoms with van der Waals surface area (Å²) < 4.78 is 0. The fourth-order valence-corrected chi connectivity index (χ4v) is 2.49. The summed E-state index contributed by atoms with van der Waals surface area (Å²) in [6, 6.07) is 10.1. The second kappa shape index (κ2) is 7.58. The smallest absolute Gasteiger partial charge is 0.233 e. The van der Waals surface area contributed by atoms with E-state index >= 15 is 0 Å². The number of carbonyl (C=O) groups excluding carboxylic acids is 1. The zero-order valence-corrected chi connectivity index (χ0v) is 11.2. The van der Waals surface area contributed by atoms with Gasteiger partial charge in [0.1, 0.15) is 0 Å². The minimum Gasteiger partial charge on any atom is -0.339 e. The van der Waals surface area contributed by atoms with E-state index in [1.165, 1.54) is 0 Å². The summed E-state index contributed by atoms with van der Waals surface area (Å²) >= 11 is 1.61. The van der Waals surface area contributed by atoms with Crippen molar-refractivity contribution in [1.29, 1.82) is 0 Å². The van der Waals surface area contributed by atoms with Crippen LogP contribution in [0.2, 0.25) is 0 Å². The molecule has 0 saturated carbocycles. The van der Waals surface area contributed by atoms with Gasteiger partial charge in [0.2, 0.25) is 5.91 Å². The molecule has 1 aliphatic heterocycles. The lowest BCUT2D eigenvalue weighted by atomic mass is 10.3. The molecule has 0 atom stereocenters. The van der Waals surface area contributed by atoms with Crippen LogP contribution in [-0.4, -0.2) is 42.7 Å². The fraction of sp³-hybridized carbons (Fsp3) is 0.417. The summed E-state index contributed by atoms with van der Waals surface area (Å²) in [5, 5.41) is 3.24. The molecule has 3 nitrogen and oxygen atoms in total. The van der Waals surface area contributed by atoms with Crippen molar-refractivity contribution in [2.45, 2.75) is 4.90 Å². The summed E-state index contributed by atoms with van der Waals surface area (Å²) in [6.45, 7) is 3.52. The molecule has 0 aromatic heterocycles. The van der Waals surface area contributed by atoms with Crippen LogP contribution in [0.25, 0.3) is 0 Å². The zero-order chi connectivity index (χ0) is 11.2. The molecule has 0 aliphatic carbocycles. The molecule has 1 aromatic carbocycles. The number of rotatable bonds is 3. The third-order valence-corrected chi connectivity index (χ3v) is 3.57. The van der Waals surface area contributed by atoms with Crippen molar-refractivity contribution in [2.24, 2.45) is 0 Å². The van der Waals surface area contributed by atoms with E-state index in [-0.39, 0.29) is 18.3 Å². The number of piperazine rings is 1. The molecule has 94 valence electrons. The second-order valence-electron chi connectivity index (χ2n) is 3.73. The van der Waals surface area contributed by atoms with Crippen molar-refractivity contribution in [3.05, 3.63) is 30.3 Å². The van der Waals surface area contributed by atoms with Crippen LogP contribution in [-0.2, 0) is 4.79 Å². The number of hydrogen-bond acceptors (Lipinski definition) is 3. The number of nitrogens with one attached hydrogen (secondary N) is 1. The number of hydrogen-bond donors (Lipinski definition) is 1. The molecule has 1 amide bonds. The molecule has 0 spiro atoms. The maximum absolute atomic E-state index is 11.8. The van der Waals surface area contributed by atoms with Crippen LogP contribution in [0.1, 0.15) is 0 Å². The molecule has 5 heteroatoms. The number of amides is 1. The Morgan fingerprint density at radius 2 is 1.88 bits per heavy atom. The van der Waals surface area contributed by atoms with E-state index < -0.39 is 0 Å². The van der Waals surface area contributed by atoms with Gasteiger partial charge in [-0.15, -0.1) is 24.2 Å². The molecule has 1 saturated heterocycles. The Hall–Kier alpha value is -0.710. The van der Waals surface area contributed by atoms with Gasteiger partial charge in [0.25, 0.3) is 0 Å². The van der Waals surface area contributed by atoms with Crippen LogP contribution >= 0.6 is 24.2 Å². The molecule has 1 heterocycles. The van der Waals surface area contributed by atoms with E-state index in [1.54, 1.807) is 11.8 Å². The average molecular weight is 273 g/mol. The molecule has 0 radical (unpaired) electrons. The molecule has 1 aliphatic rings. The Labute approximate surface area is 112 Å². The van der Waals surface area contributed by atoms with E-state index in [2.05, 4.69) is 5.32 Å². The highest BCUT2D eigenvalue weighted by Gasteiger charge is 2.15. The van der Waals surface area contributed by atoms with Crippen LogP contribution in [0, 0.1) is 0 Å². The number of nitrogens with zero attached hydrogens (tertiary/aromatic N) is 1. The molecule has 1 fully saturated rings. The van der Waals surface area contributed by atoms with Gasteiger partial charge in [-0.3, -0.25) is 4.79 Å². The Morgan fingerprint density at radius 3 is 2.53 bits per heavy atom. The maximum atomic E-state index is 11.8. The van der Waals surface area contributed by atoms with Gasteiger partial charge in [0.15, 0.2) is 0 Å². The second-order valence-corrected chi connectivity index (χ2v) is 4.78. The van der Waals surface area contributed by atoms with Crippen molar-refractivity contribution < 1.29 is 4.79 Å². The standard InChI is InChI=1S/C12H16N2OS.ClH/c15-12(14-8-6-13-7-9-14)10-16-11-4-2-1-3-5-11;/h1-5,13H,6-10H2;1H. The average Bonchev–Trinajstić information content (AvgIpc) is 2.38. The molecular weight excluding hydrogens is 256 g/mol. The third-order valence-electron chi connectivity index (χ3n) is 2.58. The summed E-state index contributed by atoms with van der Waals surface area (Å²) in [5.41, 5.74) is 0. The van der Waals surface area contributed by atoms with Gasteiger partial charge < -0.3 is 10.2 Å². The molecule has 0 bridgehead atoms. The van der Waals surface area contributed by atoms with Crippen molar-refractivity contribution in [3.63, 3.8) is 0 Å². The van der Waals surface area contributed by atoms with Crippen LogP contribution in [0.3, 0.4) is 0 Å². The first-order valence-electron chi connectivity index (χ1n) is 5.52. The topological polar surface area (TPSA) is 32.3 Å². The van der Waals surface area contributed by atoms with E-state index in [0.29, 0.717) is 5.75 Å². The molecule has 0 unspecified atom stereocenters. The predicted octanol–water partition coefficient (Wildman–Crippen LogP) is 1.63. The van der Waals surface area contributed by atoms with Gasteiger partial charge in [0, 0.05) is 31.1 Å². The minimum absolute atomic E-state index is 0. The zero-order valence-electron chi connectivity index (χ0n) is 9.59. The predicted molar refractivity (Wildman–Crippen MR) is 73.9 cm³/mol. The molecule has 2 rings (SSSR count).